The van der Waals surface area contributed by atoms with Crippen LogP contribution in [0.2, 0.25) is 0 Å². The molecule has 0 atom stereocenters. The number of aryl methyl sites for hydroxylation is 1. The molecule has 2 rings (SSSR count). The Hall–Kier alpha value is -2.49. The molecule has 0 aliphatic heterocycles. The average molecular weight is 271 g/mol. The van der Waals surface area contributed by atoms with Crippen LogP contribution < -0.4 is 15.2 Å². The molecule has 0 aromatic heterocycles. The van der Waals surface area contributed by atoms with Crippen LogP contribution in [0.4, 0.5) is 5.69 Å². The lowest BCUT2D eigenvalue weighted by molar-refractivity contribution is 0.0918. The van der Waals surface area contributed by atoms with Crippen molar-refractivity contribution in [2.24, 2.45) is 0 Å². The lowest BCUT2D eigenvalue weighted by Gasteiger charge is -2.10. The van der Waals surface area contributed by atoms with E-state index in [1.54, 1.807) is 43.5 Å². The summed E-state index contributed by atoms with van der Waals surface area (Å²) in [6, 6.07) is 12.5. The molecule has 4 nitrogen and oxygen atoms in total. The third kappa shape index (κ3) is 3.29. The number of benzene rings is 2. The number of ether oxygens (including phenoxy) is 2. The topological polar surface area (TPSA) is 61.5 Å². The quantitative estimate of drug-likeness (QED) is 0.671. The van der Waals surface area contributed by atoms with Crippen LogP contribution in [0.25, 0.3) is 0 Å². The van der Waals surface area contributed by atoms with Crippen molar-refractivity contribution in [1.29, 1.82) is 0 Å². The van der Waals surface area contributed by atoms with Gasteiger partial charge in [0.1, 0.15) is 11.5 Å². The van der Waals surface area contributed by atoms with Crippen LogP contribution in [0, 0.1) is 6.92 Å². The Labute approximate surface area is 118 Å². The molecule has 0 fully saturated rings. The zero-order chi connectivity index (χ0) is 14.5. The smallest absolute Gasteiger partial charge is 0.203 e. The van der Waals surface area contributed by atoms with E-state index in [4.69, 9.17) is 15.2 Å². The maximum absolute atomic E-state index is 12.2. The van der Waals surface area contributed by atoms with Crippen molar-refractivity contribution in [2.75, 3.05) is 19.5 Å². The fourth-order valence-corrected chi connectivity index (χ4v) is 1.87. The van der Waals surface area contributed by atoms with E-state index in [0.717, 1.165) is 5.56 Å². The van der Waals surface area contributed by atoms with Crippen LogP contribution in [0.5, 0.6) is 11.5 Å². The highest BCUT2D eigenvalue weighted by atomic mass is 16.5. The number of carbonyl (C=O) groups is 1. The normalized spacial score (nSPS) is 10.1. The highest BCUT2D eigenvalue weighted by Crippen LogP contribution is 2.21. The number of nitrogens with two attached hydrogens (primary N) is 1. The molecule has 0 saturated heterocycles. The number of hydrogen-bond donors (Lipinski definition) is 1. The number of hydrogen-bond acceptors (Lipinski definition) is 4. The fraction of sp³-hybridized carbons (Fsp3) is 0.188. The Balaban J connectivity index is 2.10. The van der Waals surface area contributed by atoms with Gasteiger partial charge in [0.05, 0.1) is 12.7 Å². The summed E-state index contributed by atoms with van der Waals surface area (Å²) in [5, 5.41) is 0. The van der Waals surface area contributed by atoms with E-state index >= 15 is 0 Å². The summed E-state index contributed by atoms with van der Waals surface area (Å²) in [6.45, 7) is 1.87. The summed E-state index contributed by atoms with van der Waals surface area (Å²) in [6.07, 6.45) is 0. The van der Waals surface area contributed by atoms with E-state index in [1.165, 1.54) is 0 Å². The summed E-state index contributed by atoms with van der Waals surface area (Å²) in [4.78, 5) is 12.2. The molecular formula is C16H17NO3. The monoisotopic (exact) mass is 271 g/mol. The molecule has 104 valence electrons. The molecular weight excluding hydrogens is 254 g/mol. The van der Waals surface area contributed by atoms with Crippen molar-refractivity contribution in [1.82, 2.24) is 0 Å². The van der Waals surface area contributed by atoms with E-state index in [9.17, 15) is 4.79 Å². The number of anilines is 1. The van der Waals surface area contributed by atoms with Gasteiger partial charge in [-0.1, -0.05) is 17.7 Å². The number of carbonyl (C=O) groups excluding carboxylic acids is 1. The lowest BCUT2D eigenvalue weighted by Crippen LogP contribution is -2.13. The number of Topliss-reactive ketones (excluding diaryl/α,β-unsaturated/α-hetero) is 1. The number of nitrogen functional groups attached to an aromatic ring is 1. The largest absolute Gasteiger partial charge is 0.496 e. The first-order valence-corrected chi connectivity index (χ1v) is 6.26. The predicted octanol–water partition coefficient (Wildman–Crippen LogP) is 2.85. The maximum atomic E-state index is 12.2. The molecule has 0 heterocycles. The van der Waals surface area contributed by atoms with Crippen LogP contribution >= 0.6 is 0 Å². The summed E-state index contributed by atoms with van der Waals surface area (Å²) < 4.78 is 10.7. The van der Waals surface area contributed by atoms with Gasteiger partial charge in [-0.25, -0.2) is 0 Å². The maximum Gasteiger partial charge on any atom is 0.203 e. The predicted molar refractivity (Wildman–Crippen MR) is 78.4 cm³/mol. The van der Waals surface area contributed by atoms with Gasteiger partial charge in [-0.15, -0.1) is 0 Å². The molecule has 20 heavy (non-hydrogen) atoms. The second-order valence-electron chi connectivity index (χ2n) is 4.49. The minimum Gasteiger partial charge on any atom is -0.496 e. The average Bonchev–Trinajstić information content (AvgIpc) is 2.45. The van der Waals surface area contributed by atoms with Gasteiger partial charge in [0.2, 0.25) is 5.78 Å². The molecule has 0 saturated carbocycles. The lowest BCUT2D eigenvalue weighted by atomic mass is 10.1. The van der Waals surface area contributed by atoms with Gasteiger partial charge in [-0.05, 0) is 31.2 Å². The van der Waals surface area contributed by atoms with Crippen molar-refractivity contribution >= 4 is 11.5 Å². The van der Waals surface area contributed by atoms with Gasteiger partial charge in [-0.2, -0.15) is 0 Å². The Morgan fingerprint density at radius 1 is 1.20 bits per heavy atom. The first kappa shape index (κ1) is 13.9. The Morgan fingerprint density at radius 3 is 2.70 bits per heavy atom. The molecule has 2 aromatic carbocycles. The third-order valence-electron chi connectivity index (χ3n) is 2.88. The van der Waals surface area contributed by atoms with E-state index in [-0.39, 0.29) is 12.4 Å². The molecule has 0 bridgehead atoms. The molecule has 4 heteroatoms. The zero-order valence-corrected chi connectivity index (χ0v) is 11.6. The molecule has 2 N–H and O–H groups in total. The summed E-state index contributed by atoms with van der Waals surface area (Å²) >= 11 is 0. The second kappa shape index (κ2) is 6.10. The SMILES string of the molecule is COc1ccc(C)cc1C(=O)COc1cccc(N)c1. The van der Waals surface area contributed by atoms with Gasteiger partial charge in [0.25, 0.3) is 0 Å². The third-order valence-corrected chi connectivity index (χ3v) is 2.88. The molecule has 0 spiro atoms. The van der Waals surface area contributed by atoms with Crippen LogP contribution in [0.1, 0.15) is 15.9 Å². The van der Waals surface area contributed by atoms with Crippen molar-refractivity contribution in [3.8, 4) is 11.5 Å². The van der Waals surface area contributed by atoms with Gasteiger partial charge in [0.15, 0.2) is 6.61 Å². The highest BCUT2D eigenvalue weighted by molar-refractivity contribution is 6.00. The van der Waals surface area contributed by atoms with Crippen molar-refractivity contribution in [2.45, 2.75) is 6.92 Å². The van der Waals surface area contributed by atoms with Gasteiger partial charge >= 0.3 is 0 Å². The van der Waals surface area contributed by atoms with E-state index in [2.05, 4.69) is 0 Å². The van der Waals surface area contributed by atoms with Gasteiger partial charge in [0, 0.05) is 11.8 Å². The van der Waals surface area contributed by atoms with Crippen molar-refractivity contribution < 1.29 is 14.3 Å². The van der Waals surface area contributed by atoms with E-state index in [1.807, 2.05) is 13.0 Å². The first-order chi connectivity index (χ1) is 9.60. The molecule has 0 aliphatic rings. The highest BCUT2D eigenvalue weighted by Gasteiger charge is 2.13. The Bertz CT molecular complexity index is 623. The van der Waals surface area contributed by atoms with Crippen LogP contribution in [-0.2, 0) is 0 Å². The summed E-state index contributed by atoms with van der Waals surface area (Å²) in [5.74, 6) is 0.995. The molecule has 0 radical (unpaired) electrons. The van der Waals surface area contributed by atoms with E-state index in [0.29, 0.717) is 22.7 Å². The number of ketones is 1. The minimum absolute atomic E-state index is 0.0523. The molecule has 2 aromatic rings. The van der Waals surface area contributed by atoms with Crippen molar-refractivity contribution in [3.63, 3.8) is 0 Å². The van der Waals surface area contributed by atoms with E-state index < -0.39 is 0 Å². The summed E-state index contributed by atoms with van der Waals surface area (Å²) in [7, 11) is 1.54. The summed E-state index contributed by atoms with van der Waals surface area (Å²) in [5.41, 5.74) is 7.78. The molecule has 0 amide bonds. The number of methoxy groups -OCH3 is 1. The van der Waals surface area contributed by atoms with Gasteiger partial charge in [-0.3, -0.25) is 4.79 Å². The Kier molecular flexibility index (Phi) is 4.25. The second-order valence-corrected chi connectivity index (χ2v) is 4.49. The zero-order valence-electron chi connectivity index (χ0n) is 11.6. The first-order valence-electron chi connectivity index (χ1n) is 6.26. The van der Waals surface area contributed by atoms with Gasteiger partial charge < -0.3 is 15.2 Å². The fourth-order valence-electron chi connectivity index (χ4n) is 1.87. The van der Waals surface area contributed by atoms with Crippen LogP contribution in [0.15, 0.2) is 42.5 Å². The standard InChI is InChI=1S/C16H17NO3/c1-11-6-7-16(19-2)14(8-11)15(18)10-20-13-5-3-4-12(17)9-13/h3-9H,10,17H2,1-2H3. The van der Waals surface area contributed by atoms with Crippen LogP contribution in [-0.4, -0.2) is 19.5 Å². The minimum atomic E-state index is -0.132. The molecule has 0 aliphatic carbocycles. The van der Waals surface area contributed by atoms with Crippen molar-refractivity contribution in [3.05, 3.63) is 53.6 Å². The van der Waals surface area contributed by atoms with Crippen LogP contribution in [0.3, 0.4) is 0 Å². The Morgan fingerprint density at radius 2 is 2.00 bits per heavy atom. The molecule has 0 unspecified atom stereocenters. The number of rotatable bonds is 5.